The van der Waals surface area contributed by atoms with Crippen LogP contribution in [0.15, 0.2) is 40.6 Å². The van der Waals surface area contributed by atoms with E-state index in [9.17, 15) is 9.90 Å². The Bertz CT molecular complexity index is 685. The van der Waals surface area contributed by atoms with Crippen molar-refractivity contribution in [2.45, 2.75) is 70.1 Å². The second-order valence-electron chi connectivity index (χ2n) is 7.89. The molecular formula is C23H32BrNO4. The van der Waals surface area contributed by atoms with Gasteiger partial charge in [-0.05, 0) is 56.4 Å². The SMILES string of the molecule is CCO[C@H]1OC(C(=O)NC2CCCCC2)=C[C@@H](c2ccc(Br)cc2)[C@@H]1CCCO. The molecule has 0 spiro atoms. The van der Waals surface area contributed by atoms with Crippen molar-refractivity contribution in [3.05, 3.63) is 46.1 Å². The Morgan fingerprint density at radius 2 is 1.97 bits per heavy atom. The van der Waals surface area contributed by atoms with Gasteiger partial charge < -0.3 is 19.9 Å². The Balaban J connectivity index is 1.86. The molecule has 2 aliphatic rings. The van der Waals surface area contributed by atoms with Crippen LogP contribution in [0.2, 0.25) is 0 Å². The third kappa shape index (κ3) is 6.06. The van der Waals surface area contributed by atoms with Crippen LogP contribution >= 0.6 is 15.9 Å². The maximum atomic E-state index is 13.0. The number of ether oxygens (including phenoxy) is 2. The maximum Gasteiger partial charge on any atom is 0.286 e. The summed E-state index contributed by atoms with van der Waals surface area (Å²) in [7, 11) is 0. The summed E-state index contributed by atoms with van der Waals surface area (Å²) in [5, 5.41) is 12.5. The minimum atomic E-state index is -0.502. The van der Waals surface area contributed by atoms with Gasteiger partial charge in [0, 0.05) is 35.6 Å². The van der Waals surface area contributed by atoms with E-state index in [2.05, 4.69) is 33.4 Å². The van der Waals surface area contributed by atoms with Gasteiger partial charge in [0.05, 0.1) is 0 Å². The van der Waals surface area contributed by atoms with E-state index in [0.717, 1.165) is 42.1 Å². The van der Waals surface area contributed by atoms with Gasteiger partial charge in [0.2, 0.25) is 6.29 Å². The molecule has 160 valence electrons. The third-order valence-corrected chi connectivity index (χ3v) is 6.36. The van der Waals surface area contributed by atoms with Crippen LogP contribution in [-0.2, 0) is 14.3 Å². The van der Waals surface area contributed by atoms with Gasteiger partial charge in [0.15, 0.2) is 5.76 Å². The predicted molar refractivity (Wildman–Crippen MR) is 116 cm³/mol. The number of carbonyl (C=O) groups excluding carboxylic acids is 1. The van der Waals surface area contributed by atoms with Crippen molar-refractivity contribution in [1.82, 2.24) is 5.32 Å². The van der Waals surface area contributed by atoms with Gasteiger partial charge in [-0.25, -0.2) is 0 Å². The minimum Gasteiger partial charge on any atom is -0.459 e. The number of benzene rings is 1. The summed E-state index contributed by atoms with van der Waals surface area (Å²) in [6, 6.07) is 8.40. The molecule has 0 radical (unpaired) electrons. The molecule has 0 unspecified atom stereocenters. The van der Waals surface area contributed by atoms with Gasteiger partial charge in [0.25, 0.3) is 5.91 Å². The molecule has 1 heterocycles. The fourth-order valence-corrected chi connectivity index (χ4v) is 4.60. The standard InChI is InChI=1S/C23H32BrNO4/c1-2-28-23-19(9-6-14-26)20(16-10-12-17(24)13-11-16)15-21(29-23)22(27)25-18-7-4-3-5-8-18/h10-13,15,18-20,23,26H,2-9,14H2,1H3,(H,25,27)/t19-,20-,23-/m0/s1. The van der Waals surface area contributed by atoms with E-state index in [-0.39, 0.29) is 30.4 Å². The highest BCUT2D eigenvalue weighted by Crippen LogP contribution is 2.39. The molecule has 1 aromatic carbocycles. The zero-order chi connectivity index (χ0) is 20.6. The molecule has 1 aromatic rings. The van der Waals surface area contributed by atoms with Crippen LogP contribution in [0.25, 0.3) is 0 Å². The lowest BCUT2D eigenvalue weighted by Crippen LogP contribution is -2.42. The zero-order valence-electron chi connectivity index (χ0n) is 17.1. The molecule has 0 bridgehead atoms. The smallest absolute Gasteiger partial charge is 0.286 e. The van der Waals surface area contributed by atoms with Crippen LogP contribution in [0.3, 0.4) is 0 Å². The largest absolute Gasteiger partial charge is 0.459 e. The molecule has 1 fully saturated rings. The molecule has 29 heavy (non-hydrogen) atoms. The molecular weight excluding hydrogens is 434 g/mol. The maximum absolute atomic E-state index is 13.0. The van der Waals surface area contributed by atoms with E-state index >= 15 is 0 Å². The Morgan fingerprint density at radius 3 is 2.62 bits per heavy atom. The highest BCUT2D eigenvalue weighted by molar-refractivity contribution is 9.10. The van der Waals surface area contributed by atoms with Crippen molar-refractivity contribution < 1.29 is 19.4 Å². The van der Waals surface area contributed by atoms with Gasteiger partial charge in [-0.3, -0.25) is 4.79 Å². The molecule has 1 aliphatic carbocycles. The molecule has 0 aromatic heterocycles. The first-order chi connectivity index (χ1) is 14.1. The Morgan fingerprint density at radius 1 is 1.24 bits per heavy atom. The number of halogens is 1. The van der Waals surface area contributed by atoms with E-state index < -0.39 is 6.29 Å². The number of aliphatic hydroxyl groups is 1. The number of aliphatic hydroxyl groups excluding tert-OH is 1. The summed E-state index contributed by atoms with van der Waals surface area (Å²) in [6.07, 6.45) is 8.51. The van der Waals surface area contributed by atoms with Gasteiger partial charge in [-0.15, -0.1) is 0 Å². The van der Waals surface area contributed by atoms with Crippen molar-refractivity contribution in [1.29, 1.82) is 0 Å². The second kappa shape index (κ2) is 11.1. The highest BCUT2D eigenvalue weighted by atomic mass is 79.9. The fraction of sp³-hybridized carbons (Fsp3) is 0.609. The van der Waals surface area contributed by atoms with Crippen molar-refractivity contribution >= 4 is 21.8 Å². The lowest BCUT2D eigenvalue weighted by molar-refractivity contribution is -0.166. The van der Waals surface area contributed by atoms with Crippen molar-refractivity contribution in [3.8, 4) is 0 Å². The lowest BCUT2D eigenvalue weighted by atomic mass is 9.80. The molecule has 1 amide bonds. The summed E-state index contributed by atoms with van der Waals surface area (Å²) in [5.74, 6) is 0.230. The summed E-state index contributed by atoms with van der Waals surface area (Å²) in [5.41, 5.74) is 1.12. The van der Waals surface area contributed by atoms with Crippen LogP contribution in [0.1, 0.15) is 63.4 Å². The Labute approximate surface area is 182 Å². The lowest BCUT2D eigenvalue weighted by Gasteiger charge is -2.37. The first-order valence-corrected chi connectivity index (χ1v) is 11.6. The fourth-order valence-electron chi connectivity index (χ4n) is 4.33. The van der Waals surface area contributed by atoms with Gasteiger partial charge in [0.1, 0.15) is 0 Å². The van der Waals surface area contributed by atoms with Gasteiger partial charge in [-0.2, -0.15) is 0 Å². The average Bonchev–Trinajstić information content (AvgIpc) is 2.74. The molecule has 3 rings (SSSR count). The van der Waals surface area contributed by atoms with Gasteiger partial charge in [-0.1, -0.05) is 47.3 Å². The zero-order valence-corrected chi connectivity index (χ0v) is 18.7. The monoisotopic (exact) mass is 465 g/mol. The van der Waals surface area contributed by atoms with Crippen LogP contribution < -0.4 is 5.32 Å². The van der Waals surface area contributed by atoms with Crippen molar-refractivity contribution in [2.24, 2.45) is 5.92 Å². The van der Waals surface area contributed by atoms with Crippen LogP contribution in [0.4, 0.5) is 0 Å². The Kier molecular flexibility index (Phi) is 8.57. The predicted octanol–water partition coefficient (Wildman–Crippen LogP) is 4.65. The molecule has 5 nitrogen and oxygen atoms in total. The first-order valence-electron chi connectivity index (χ1n) is 10.8. The van der Waals surface area contributed by atoms with Crippen LogP contribution in [0.5, 0.6) is 0 Å². The quantitative estimate of drug-likeness (QED) is 0.586. The Hall–Kier alpha value is -1.37. The number of hydrogen-bond donors (Lipinski definition) is 2. The number of hydrogen-bond acceptors (Lipinski definition) is 4. The highest BCUT2D eigenvalue weighted by Gasteiger charge is 2.38. The van der Waals surface area contributed by atoms with Crippen molar-refractivity contribution in [3.63, 3.8) is 0 Å². The normalized spacial score (nSPS) is 25.2. The molecule has 6 heteroatoms. The number of amides is 1. The minimum absolute atomic E-state index is 0.00736. The first kappa shape index (κ1) is 22.3. The molecule has 1 saturated carbocycles. The van der Waals surface area contributed by atoms with Crippen molar-refractivity contribution in [2.75, 3.05) is 13.2 Å². The van der Waals surface area contributed by atoms with Crippen LogP contribution in [-0.4, -0.2) is 36.6 Å². The van der Waals surface area contributed by atoms with E-state index in [4.69, 9.17) is 9.47 Å². The number of nitrogens with one attached hydrogen (secondary N) is 1. The van der Waals surface area contributed by atoms with E-state index in [1.165, 1.54) is 6.42 Å². The summed E-state index contributed by atoms with van der Waals surface area (Å²) in [4.78, 5) is 13.0. The van der Waals surface area contributed by atoms with Crippen LogP contribution in [0, 0.1) is 5.92 Å². The summed E-state index contributed by atoms with van der Waals surface area (Å²) >= 11 is 3.49. The molecule has 1 aliphatic heterocycles. The summed E-state index contributed by atoms with van der Waals surface area (Å²) in [6.45, 7) is 2.56. The molecule has 2 N–H and O–H groups in total. The van der Waals surface area contributed by atoms with E-state index in [1.54, 1.807) is 0 Å². The van der Waals surface area contributed by atoms with Gasteiger partial charge >= 0.3 is 0 Å². The second-order valence-corrected chi connectivity index (χ2v) is 8.80. The number of rotatable bonds is 8. The molecule has 3 atom stereocenters. The van der Waals surface area contributed by atoms with E-state index in [1.807, 2.05) is 25.1 Å². The topological polar surface area (TPSA) is 67.8 Å². The molecule has 0 saturated heterocycles. The summed E-state index contributed by atoms with van der Waals surface area (Å²) < 4.78 is 13.0. The average molecular weight is 466 g/mol. The number of allylic oxidation sites excluding steroid dienone is 1. The number of carbonyl (C=O) groups is 1. The third-order valence-electron chi connectivity index (χ3n) is 5.83. The van der Waals surface area contributed by atoms with E-state index in [0.29, 0.717) is 18.8 Å².